The largest absolute Gasteiger partial charge is 0.290 e. The van der Waals surface area contributed by atoms with Crippen molar-refractivity contribution in [3.05, 3.63) is 69.8 Å². The highest BCUT2D eigenvalue weighted by Crippen LogP contribution is 2.12. The maximum Gasteiger partial charge on any atom is 0.183 e. The van der Waals surface area contributed by atoms with Crippen molar-refractivity contribution in [3.63, 3.8) is 0 Å². The molecule has 0 aliphatic rings. The summed E-state index contributed by atoms with van der Waals surface area (Å²) in [5.74, 6) is 0.902. The molecule has 0 amide bonds. The van der Waals surface area contributed by atoms with Gasteiger partial charge in [-0.2, -0.15) is 5.10 Å². The van der Waals surface area contributed by atoms with Crippen LogP contribution in [0.3, 0.4) is 0 Å². The first kappa shape index (κ1) is 10.8. The topological polar surface area (TPSA) is 50.2 Å². The van der Waals surface area contributed by atoms with E-state index in [1.165, 1.54) is 11.1 Å². The molecule has 0 fully saturated rings. The molecule has 90 valence electrons. The number of nitrogens with one attached hydrogen (secondary N) is 1. The first-order valence-electron chi connectivity index (χ1n) is 5.84. The van der Waals surface area contributed by atoms with Crippen molar-refractivity contribution in [3.8, 4) is 0 Å². The molecule has 0 atom stereocenters. The molecule has 2 heterocycles. The summed E-state index contributed by atoms with van der Waals surface area (Å²) >= 11 is 0. The first-order valence-corrected chi connectivity index (χ1v) is 5.84. The van der Waals surface area contributed by atoms with E-state index >= 15 is 0 Å². The molecule has 0 bridgehead atoms. The van der Waals surface area contributed by atoms with Crippen LogP contribution in [0.2, 0.25) is 0 Å². The second kappa shape index (κ2) is 4.14. The Hall–Kier alpha value is -2.36. The van der Waals surface area contributed by atoms with Crippen molar-refractivity contribution in [2.45, 2.75) is 13.3 Å². The molecule has 1 N–H and O–H groups in total. The van der Waals surface area contributed by atoms with E-state index < -0.39 is 0 Å². The third-order valence-electron chi connectivity index (χ3n) is 3.11. The summed E-state index contributed by atoms with van der Waals surface area (Å²) in [7, 11) is 0. The van der Waals surface area contributed by atoms with Crippen molar-refractivity contribution in [2.24, 2.45) is 0 Å². The highest BCUT2D eigenvalue weighted by molar-refractivity contribution is 5.38. The summed E-state index contributed by atoms with van der Waals surface area (Å²) in [6.07, 6.45) is 2.50. The number of H-pyrrole nitrogens is 1. The lowest BCUT2D eigenvalue weighted by atomic mass is 10.1. The summed E-state index contributed by atoms with van der Waals surface area (Å²) in [4.78, 5) is 11.2. The fraction of sp³-hybridized carbons (Fsp3) is 0.143. The second-order valence-electron chi connectivity index (χ2n) is 4.36. The Morgan fingerprint density at radius 3 is 2.94 bits per heavy atom. The zero-order valence-corrected chi connectivity index (χ0v) is 10.1. The minimum absolute atomic E-state index is 0.0129. The number of pyridine rings is 1. The van der Waals surface area contributed by atoms with E-state index in [2.05, 4.69) is 29.3 Å². The predicted molar refractivity (Wildman–Crippen MR) is 69.8 cm³/mol. The zero-order valence-electron chi connectivity index (χ0n) is 10.1. The Morgan fingerprint density at radius 2 is 2.11 bits per heavy atom. The van der Waals surface area contributed by atoms with Crippen LogP contribution in [-0.2, 0) is 6.42 Å². The number of hydrogen-bond acceptors (Lipinski definition) is 2. The first-order chi connectivity index (χ1) is 8.74. The fourth-order valence-electron chi connectivity index (χ4n) is 2.07. The maximum atomic E-state index is 11.2. The third-order valence-corrected chi connectivity index (χ3v) is 3.11. The van der Waals surface area contributed by atoms with E-state index in [0.717, 1.165) is 17.9 Å². The molecule has 0 radical (unpaired) electrons. The Kier molecular flexibility index (Phi) is 2.48. The van der Waals surface area contributed by atoms with Crippen molar-refractivity contribution in [1.82, 2.24) is 14.6 Å². The zero-order chi connectivity index (χ0) is 12.5. The normalized spacial score (nSPS) is 10.9. The summed E-state index contributed by atoms with van der Waals surface area (Å²) in [6, 6.07) is 11.3. The number of nitrogens with zero attached hydrogens (tertiary/aromatic N) is 2. The lowest BCUT2D eigenvalue weighted by Crippen LogP contribution is -2.02. The Morgan fingerprint density at radius 1 is 1.28 bits per heavy atom. The standard InChI is InChI=1S/C14H13N3O/c1-10-4-2-3-5-11(10)8-13-15-16-14-9-12(18)6-7-17(13)14/h2-7,9,16H,8H2,1H3. The van der Waals surface area contributed by atoms with Gasteiger partial charge in [-0.1, -0.05) is 24.3 Å². The van der Waals surface area contributed by atoms with E-state index in [-0.39, 0.29) is 5.43 Å². The lowest BCUT2D eigenvalue weighted by Gasteiger charge is -2.03. The molecule has 0 spiro atoms. The van der Waals surface area contributed by atoms with Crippen molar-refractivity contribution >= 4 is 5.65 Å². The molecular weight excluding hydrogens is 226 g/mol. The Labute approximate surface area is 104 Å². The van der Waals surface area contributed by atoms with Gasteiger partial charge >= 0.3 is 0 Å². The van der Waals surface area contributed by atoms with Gasteiger partial charge in [0.1, 0.15) is 11.5 Å². The van der Waals surface area contributed by atoms with Gasteiger partial charge in [-0.3, -0.25) is 14.3 Å². The van der Waals surface area contributed by atoms with Gasteiger partial charge in [-0.25, -0.2) is 0 Å². The summed E-state index contributed by atoms with van der Waals surface area (Å²) in [5, 5.41) is 7.15. The van der Waals surface area contributed by atoms with Crippen molar-refractivity contribution < 1.29 is 0 Å². The Balaban J connectivity index is 2.06. The number of benzene rings is 1. The average Bonchev–Trinajstić information content (AvgIpc) is 2.74. The van der Waals surface area contributed by atoms with Crippen LogP contribution in [0.1, 0.15) is 17.0 Å². The van der Waals surface area contributed by atoms with Crippen molar-refractivity contribution in [2.75, 3.05) is 0 Å². The number of fused-ring (bicyclic) bond motifs is 1. The van der Waals surface area contributed by atoms with Gasteiger partial charge in [-0.05, 0) is 18.1 Å². The molecule has 18 heavy (non-hydrogen) atoms. The van der Waals surface area contributed by atoms with Gasteiger partial charge < -0.3 is 0 Å². The average molecular weight is 239 g/mol. The van der Waals surface area contributed by atoms with Crippen LogP contribution in [-0.4, -0.2) is 14.6 Å². The van der Waals surface area contributed by atoms with Crippen LogP contribution >= 0.6 is 0 Å². The molecule has 0 unspecified atom stereocenters. The van der Waals surface area contributed by atoms with Gasteiger partial charge in [0.05, 0.1) is 0 Å². The summed E-state index contributed by atoms with van der Waals surface area (Å²) in [5.41, 5.74) is 3.20. The number of hydrogen-bond donors (Lipinski definition) is 1. The number of aromatic nitrogens is 3. The van der Waals surface area contributed by atoms with Gasteiger partial charge in [-0.15, -0.1) is 0 Å². The molecule has 1 aromatic carbocycles. The highest BCUT2D eigenvalue weighted by atomic mass is 16.1. The van der Waals surface area contributed by atoms with E-state index in [1.807, 2.05) is 16.5 Å². The number of aromatic amines is 1. The molecule has 0 saturated heterocycles. The molecule has 0 aliphatic carbocycles. The second-order valence-corrected chi connectivity index (χ2v) is 4.36. The van der Waals surface area contributed by atoms with Crippen LogP contribution in [0.15, 0.2) is 47.4 Å². The SMILES string of the molecule is Cc1ccccc1Cc1n[nH]c2cc(=O)ccn12. The van der Waals surface area contributed by atoms with Crippen LogP contribution < -0.4 is 5.43 Å². The van der Waals surface area contributed by atoms with E-state index in [9.17, 15) is 4.79 Å². The summed E-state index contributed by atoms with van der Waals surface area (Å²) in [6.45, 7) is 2.09. The minimum atomic E-state index is -0.0129. The quantitative estimate of drug-likeness (QED) is 0.742. The van der Waals surface area contributed by atoms with E-state index in [1.54, 1.807) is 18.3 Å². The van der Waals surface area contributed by atoms with Gasteiger partial charge in [0, 0.05) is 24.8 Å². The minimum Gasteiger partial charge on any atom is -0.290 e. The van der Waals surface area contributed by atoms with Gasteiger partial charge in [0.15, 0.2) is 5.43 Å². The van der Waals surface area contributed by atoms with Crippen LogP contribution in [0, 0.1) is 6.92 Å². The van der Waals surface area contributed by atoms with Gasteiger partial charge in [0.25, 0.3) is 0 Å². The Bertz CT molecular complexity index is 755. The molecule has 4 nitrogen and oxygen atoms in total. The van der Waals surface area contributed by atoms with E-state index in [4.69, 9.17) is 0 Å². The van der Waals surface area contributed by atoms with Crippen LogP contribution in [0.5, 0.6) is 0 Å². The molecule has 3 aromatic rings. The predicted octanol–water partition coefficient (Wildman–Crippen LogP) is 1.92. The highest BCUT2D eigenvalue weighted by Gasteiger charge is 2.06. The molecule has 4 heteroatoms. The smallest absolute Gasteiger partial charge is 0.183 e. The molecule has 0 saturated carbocycles. The number of rotatable bonds is 2. The molecular formula is C14H13N3O. The molecule has 0 aliphatic heterocycles. The lowest BCUT2D eigenvalue weighted by molar-refractivity contribution is 0.928. The molecule has 2 aromatic heterocycles. The van der Waals surface area contributed by atoms with Crippen LogP contribution in [0.4, 0.5) is 0 Å². The number of aryl methyl sites for hydroxylation is 1. The summed E-state index contributed by atoms with van der Waals surface area (Å²) < 4.78 is 1.91. The van der Waals surface area contributed by atoms with Crippen molar-refractivity contribution in [1.29, 1.82) is 0 Å². The third kappa shape index (κ3) is 1.82. The fourth-order valence-corrected chi connectivity index (χ4v) is 2.07. The molecule has 3 rings (SSSR count). The van der Waals surface area contributed by atoms with Gasteiger partial charge in [0.2, 0.25) is 0 Å². The van der Waals surface area contributed by atoms with Crippen LogP contribution in [0.25, 0.3) is 5.65 Å². The van der Waals surface area contributed by atoms with E-state index in [0.29, 0.717) is 0 Å². The maximum absolute atomic E-state index is 11.2. The monoisotopic (exact) mass is 239 g/mol.